The van der Waals surface area contributed by atoms with E-state index in [9.17, 15) is 9.59 Å². The fourth-order valence-electron chi connectivity index (χ4n) is 3.17. The van der Waals surface area contributed by atoms with E-state index in [1.165, 1.54) is 4.90 Å². The molecule has 1 atom stereocenters. The van der Waals surface area contributed by atoms with Gasteiger partial charge in [0.2, 0.25) is 0 Å². The third-order valence-electron chi connectivity index (χ3n) is 4.34. The van der Waals surface area contributed by atoms with E-state index in [0.29, 0.717) is 36.4 Å². The van der Waals surface area contributed by atoms with Crippen LogP contribution in [0, 0.1) is 12.8 Å². The molecule has 6 nitrogen and oxygen atoms in total. The molecule has 1 aliphatic heterocycles. The van der Waals surface area contributed by atoms with Gasteiger partial charge in [-0.15, -0.1) is 0 Å². The lowest BCUT2D eigenvalue weighted by Gasteiger charge is -2.31. The molecule has 1 fully saturated rings. The number of aryl methyl sites for hydroxylation is 1. The van der Waals surface area contributed by atoms with Crippen molar-refractivity contribution in [1.29, 1.82) is 0 Å². The van der Waals surface area contributed by atoms with Crippen molar-refractivity contribution in [2.75, 3.05) is 13.1 Å². The monoisotopic (exact) mass is 379 g/mol. The van der Waals surface area contributed by atoms with E-state index in [4.69, 9.17) is 5.11 Å². The first-order chi connectivity index (χ1) is 11.0. The molecule has 2 heterocycles. The number of halogens is 1. The number of hydrogen-bond acceptors (Lipinski definition) is 3. The number of carbonyl (C=O) groups is 1. The minimum absolute atomic E-state index is 0.0683. The molecular formula is C16H18BrN3O3. The van der Waals surface area contributed by atoms with Crippen molar-refractivity contribution < 1.29 is 9.90 Å². The van der Waals surface area contributed by atoms with E-state index in [-0.39, 0.29) is 11.5 Å². The summed E-state index contributed by atoms with van der Waals surface area (Å²) >= 11 is 3.38. The van der Waals surface area contributed by atoms with Gasteiger partial charge in [0.25, 0.3) is 5.56 Å². The van der Waals surface area contributed by atoms with Crippen LogP contribution in [0.5, 0.6) is 0 Å². The number of fused-ring (bicyclic) bond motifs is 1. The zero-order valence-corrected chi connectivity index (χ0v) is 14.4. The molecule has 0 radical (unpaired) electrons. The van der Waals surface area contributed by atoms with Crippen molar-refractivity contribution in [3.8, 4) is 0 Å². The number of piperidine rings is 1. The fourth-order valence-corrected chi connectivity index (χ4v) is 3.53. The van der Waals surface area contributed by atoms with E-state index < -0.39 is 6.09 Å². The van der Waals surface area contributed by atoms with E-state index in [0.717, 1.165) is 17.3 Å². The first-order valence-corrected chi connectivity index (χ1v) is 8.39. The highest BCUT2D eigenvalue weighted by molar-refractivity contribution is 9.10. The lowest BCUT2D eigenvalue weighted by molar-refractivity contribution is 0.116. The van der Waals surface area contributed by atoms with E-state index >= 15 is 0 Å². The highest BCUT2D eigenvalue weighted by atomic mass is 79.9. The third kappa shape index (κ3) is 3.24. The van der Waals surface area contributed by atoms with Crippen molar-refractivity contribution in [1.82, 2.24) is 14.5 Å². The maximum Gasteiger partial charge on any atom is 0.407 e. The quantitative estimate of drug-likeness (QED) is 0.870. The molecule has 3 rings (SSSR count). The van der Waals surface area contributed by atoms with Gasteiger partial charge in [-0.25, -0.2) is 9.78 Å². The Hall–Kier alpha value is -1.89. The maximum absolute atomic E-state index is 12.8. The molecule has 1 aromatic heterocycles. The molecule has 0 saturated carbocycles. The first-order valence-electron chi connectivity index (χ1n) is 7.60. The molecule has 1 aromatic carbocycles. The Morgan fingerprint density at radius 3 is 3.00 bits per heavy atom. The van der Waals surface area contributed by atoms with Crippen LogP contribution in [0.15, 0.2) is 27.5 Å². The second-order valence-corrected chi connectivity index (χ2v) is 6.89. The van der Waals surface area contributed by atoms with Crippen LogP contribution in [0.4, 0.5) is 4.79 Å². The number of nitrogens with zero attached hydrogens (tertiary/aromatic N) is 3. The topological polar surface area (TPSA) is 75.4 Å². The average Bonchev–Trinajstić information content (AvgIpc) is 2.52. The van der Waals surface area contributed by atoms with Crippen LogP contribution >= 0.6 is 15.9 Å². The summed E-state index contributed by atoms with van der Waals surface area (Å²) in [4.78, 5) is 29.8. The number of hydrogen-bond donors (Lipinski definition) is 1. The van der Waals surface area contributed by atoms with Crippen molar-refractivity contribution in [3.05, 3.63) is 38.9 Å². The van der Waals surface area contributed by atoms with Gasteiger partial charge in [0.15, 0.2) is 0 Å². The summed E-state index contributed by atoms with van der Waals surface area (Å²) in [7, 11) is 0. The molecule has 0 aliphatic carbocycles. The number of amides is 1. The van der Waals surface area contributed by atoms with Gasteiger partial charge in [0, 0.05) is 24.1 Å². The number of carboxylic acid groups (broad SMARTS) is 1. The highest BCUT2D eigenvalue weighted by Gasteiger charge is 2.24. The minimum atomic E-state index is -0.890. The predicted molar refractivity (Wildman–Crippen MR) is 90.8 cm³/mol. The predicted octanol–water partition coefficient (Wildman–Crippen LogP) is 2.86. The van der Waals surface area contributed by atoms with Crippen molar-refractivity contribution in [2.24, 2.45) is 5.92 Å². The molecule has 0 spiro atoms. The van der Waals surface area contributed by atoms with E-state index in [1.54, 1.807) is 10.6 Å². The number of likely N-dealkylation sites (tertiary alicyclic amines) is 1. The van der Waals surface area contributed by atoms with Gasteiger partial charge >= 0.3 is 6.09 Å². The largest absolute Gasteiger partial charge is 0.465 e. The Kier molecular flexibility index (Phi) is 4.39. The normalized spacial score (nSPS) is 18.3. The lowest BCUT2D eigenvalue weighted by Crippen LogP contribution is -2.41. The maximum atomic E-state index is 12.8. The summed E-state index contributed by atoms with van der Waals surface area (Å²) in [6, 6.07) is 5.47. The van der Waals surface area contributed by atoms with Crippen LogP contribution in [0.1, 0.15) is 18.7 Å². The van der Waals surface area contributed by atoms with Gasteiger partial charge in [0.1, 0.15) is 5.82 Å². The summed E-state index contributed by atoms with van der Waals surface area (Å²) in [5.74, 6) is 0.805. The highest BCUT2D eigenvalue weighted by Crippen LogP contribution is 2.20. The van der Waals surface area contributed by atoms with Gasteiger partial charge < -0.3 is 10.0 Å². The number of benzene rings is 1. The second-order valence-electron chi connectivity index (χ2n) is 5.97. The standard InChI is InChI=1S/C16H18BrN3O3/c1-10-18-14-5-4-12(17)7-13(14)15(21)20(10)9-11-3-2-6-19(8-11)16(22)23/h4-5,7,11H,2-3,6,8-9H2,1H3,(H,22,23)/t11-/m1/s1. The van der Waals surface area contributed by atoms with Crippen molar-refractivity contribution in [3.63, 3.8) is 0 Å². The molecule has 122 valence electrons. The van der Waals surface area contributed by atoms with Crippen LogP contribution in [0.2, 0.25) is 0 Å². The van der Waals surface area contributed by atoms with E-state index in [1.807, 2.05) is 19.1 Å². The molecule has 2 aromatic rings. The Balaban J connectivity index is 1.93. The zero-order valence-electron chi connectivity index (χ0n) is 12.8. The van der Waals surface area contributed by atoms with E-state index in [2.05, 4.69) is 20.9 Å². The summed E-state index contributed by atoms with van der Waals surface area (Å²) in [6.45, 7) is 3.37. The molecule has 1 saturated heterocycles. The molecule has 0 bridgehead atoms. The van der Waals surface area contributed by atoms with Crippen LogP contribution in [0.25, 0.3) is 10.9 Å². The fraction of sp³-hybridized carbons (Fsp3) is 0.438. The molecular weight excluding hydrogens is 362 g/mol. The summed E-state index contributed by atoms with van der Waals surface area (Å²) < 4.78 is 2.51. The second kappa shape index (κ2) is 6.31. The smallest absolute Gasteiger partial charge is 0.407 e. The van der Waals surface area contributed by atoms with Gasteiger partial charge in [-0.05, 0) is 43.9 Å². The average molecular weight is 380 g/mol. The van der Waals surface area contributed by atoms with Crippen molar-refractivity contribution >= 4 is 32.9 Å². The minimum Gasteiger partial charge on any atom is -0.465 e. The lowest BCUT2D eigenvalue weighted by atomic mass is 9.98. The number of rotatable bonds is 2. The van der Waals surface area contributed by atoms with Crippen LogP contribution < -0.4 is 5.56 Å². The van der Waals surface area contributed by atoms with Gasteiger partial charge in [-0.1, -0.05) is 15.9 Å². The van der Waals surface area contributed by atoms with Gasteiger partial charge in [-0.2, -0.15) is 0 Å². The summed E-state index contributed by atoms with van der Waals surface area (Å²) in [5.41, 5.74) is 0.615. The summed E-state index contributed by atoms with van der Waals surface area (Å²) in [5, 5.41) is 9.72. The SMILES string of the molecule is Cc1nc2ccc(Br)cc2c(=O)n1C[C@@H]1CCCN(C(=O)O)C1. The molecule has 7 heteroatoms. The molecule has 0 unspecified atom stereocenters. The van der Waals surface area contributed by atoms with Gasteiger partial charge in [-0.3, -0.25) is 9.36 Å². The van der Waals surface area contributed by atoms with Crippen LogP contribution in [-0.2, 0) is 6.54 Å². The Morgan fingerprint density at radius 2 is 2.26 bits per heavy atom. The number of aromatic nitrogens is 2. The summed E-state index contributed by atoms with van der Waals surface area (Å²) in [6.07, 6.45) is 0.864. The van der Waals surface area contributed by atoms with Gasteiger partial charge in [0.05, 0.1) is 10.9 Å². The first kappa shape index (κ1) is 16.0. The third-order valence-corrected chi connectivity index (χ3v) is 4.83. The Morgan fingerprint density at radius 1 is 1.48 bits per heavy atom. The molecule has 23 heavy (non-hydrogen) atoms. The molecule has 1 N–H and O–H groups in total. The molecule has 1 aliphatic rings. The Bertz CT molecular complexity index is 818. The van der Waals surface area contributed by atoms with Crippen molar-refractivity contribution in [2.45, 2.75) is 26.3 Å². The van der Waals surface area contributed by atoms with Crippen LogP contribution in [-0.4, -0.2) is 38.7 Å². The molecule has 1 amide bonds. The Labute approximate surface area is 141 Å². The zero-order chi connectivity index (χ0) is 16.6. The van der Waals surface area contributed by atoms with Crippen LogP contribution in [0.3, 0.4) is 0 Å².